The van der Waals surface area contributed by atoms with Gasteiger partial charge >= 0.3 is 6.18 Å². The number of thiocarbonyl (C=S) groups is 1. The maximum Gasteiger partial charge on any atom is 0.423 e. The molecule has 40 heavy (non-hydrogen) atoms. The number of aromatic amines is 1. The average Bonchev–Trinajstić information content (AvgIpc) is 3.72. The number of H-pyrrole nitrogens is 1. The number of hydrogen-bond acceptors (Lipinski definition) is 8. The molecular formula is C25H29F4N7O3S. The quantitative estimate of drug-likeness (QED) is 0.262. The minimum atomic E-state index is -4.85. The van der Waals surface area contributed by atoms with E-state index in [1.807, 2.05) is 9.80 Å². The maximum absolute atomic E-state index is 14.0. The number of carbonyl (C=O) groups excluding carboxylic acids is 1. The SMILES string of the molecule is CC(COCCC(=O)N1CCN2c3ncc(F)cc3N(CC3CC3)C(=S)C2C1)Nc1cn[nH]c(=O)c1C(F)(F)F. The van der Waals surface area contributed by atoms with Crippen LogP contribution in [0.5, 0.6) is 0 Å². The molecule has 3 aliphatic rings. The molecule has 1 aliphatic carbocycles. The van der Waals surface area contributed by atoms with Gasteiger partial charge in [0.05, 0.1) is 49.4 Å². The van der Waals surface area contributed by atoms with Crippen molar-refractivity contribution in [3.05, 3.63) is 40.2 Å². The van der Waals surface area contributed by atoms with Crippen LogP contribution in [0.3, 0.4) is 0 Å². The van der Waals surface area contributed by atoms with Crippen molar-refractivity contribution >= 4 is 40.3 Å². The molecule has 1 saturated carbocycles. The smallest absolute Gasteiger partial charge is 0.379 e. The van der Waals surface area contributed by atoms with Crippen molar-refractivity contribution in [1.82, 2.24) is 20.1 Å². The van der Waals surface area contributed by atoms with E-state index in [1.165, 1.54) is 12.3 Å². The predicted octanol–water partition coefficient (Wildman–Crippen LogP) is 2.80. The number of amides is 1. The molecule has 1 saturated heterocycles. The van der Waals surface area contributed by atoms with Crippen LogP contribution in [-0.4, -0.2) is 82.5 Å². The summed E-state index contributed by atoms with van der Waals surface area (Å²) in [4.78, 5) is 35.3. The highest BCUT2D eigenvalue weighted by Gasteiger charge is 2.42. The molecule has 216 valence electrons. The van der Waals surface area contributed by atoms with Gasteiger partial charge in [-0.2, -0.15) is 18.3 Å². The number of fused-ring (bicyclic) bond motifs is 3. The predicted molar refractivity (Wildman–Crippen MR) is 143 cm³/mol. The highest BCUT2D eigenvalue weighted by Crippen LogP contribution is 2.40. The Balaban J connectivity index is 1.14. The number of pyridine rings is 1. The van der Waals surface area contributed by atoms with Crippen molar-refractivity contribution in [2.45, 2.75) is 44.4 Å². The van der Waals surface area contributed by atoms with Crippen molar-refractivity contribution in [2.75, 3.05) is 54.5 Å². The van der Waals surface area contributed by atoms with E-state index in [1.54, 1.807) is 16.9 Å². The van der Waals surface area contributed by atoms with Gasteiger partial charge in [0, 0.05) is 38.3 Å². The summed E-state index contributed by atoms with van der Waals surface area (Å²) in [6.45, 7) is 3.67. The fraction of sp³-hybridized carbons (Fsp3) is 0.560. The molecule has 0 spiro atoms. The van der Waals surface area contributed by atoms with Crippen LogP contribution in [0, 0.1) is 11.7 Å². The van der Waals surface area contributed by atoms with E-state index in [0.29, 0.717) is 48.6 Å². The second-order valence-corrected chi connectivity index (χ2v) is 10.7. The highest BCUT2D eigenvalue weighted by atomic mass is 32.1. The molecular weight excluding hydrogens is 554 g/mol. The molecule has 2 atom stereocenters. The molecule has 10 nitrogen and oxygen atoms in total. The third-order valence-electron chi connectivity index (χ3n) is 7.17. The summed E-state index contributed by atoms with van der Waals surface area (Å²) in [6, 6.07) is 0.624. The Hall–Kier alpha value is -3.33. The van der Waals surface area contributed by atoms with Crippen molar-refractivity contribution < 1.29 is 27.1 Å². The molecule has 4 heterocycles. The zero-order chi connectivity index (χ0) is 28.6. The number of alkyl halides is 3. The van der Waals surface area contributed by atoms with Gasteiger partial charge in [-0.15, -0.1) is 0 Å². The molecule has 0 aromatic carbocycles. The summed E-state index contributed by atoms with van der Waals surface area (Å²) in [5.41, 5.74) is -2.47. The molecule has 0 bridgehead atoms. The van der Waals surface area contributed by atoms with Gasteiger partial charge in [0.2, 0.25) is 5.91 Å². The van der Waals surface area contributed by atoms with Crippen LogP contribution in [0.25, 0.3) is 0 Å². The van der Waals surface area contributed by atoms with E-state index < -0.39 is 34.8 Å². The molecule has 2 fully saturated rings. The van der Waals surface area contributed by atoms with Gasteiger partial charge in [0.15, 0.2) is 5.82 Å². The molecule has 0 radical (unpaired) electrons. The van der Waals surface area contributed by atoms with Gasteiger partial charge < -0.3 is 24.8 Å². The number of halogens is 4. The minimum Gasteiger partial charge on any atom is -0.379 e. The number of nitrogens with one attached hydrogen (secondary N) is 2. The number of rotatable bonds is 9. The first-order valence-electron chi connectivity index (χ1n) is 13.0. The Labute approximate surface area is 232 Å². The molecule has 5 rings (SSSR count). The van der Waals surface area contributed by atoms with Gasteiger partial charge in [0.25, 0.3) is 5.56 Å². The largest absolute Gasteiger partial charge is 0.423 e. The summed E-state index contributed by atoms with van der Waals surface area (Å²) >= 11 is 5.83. The second-order valence-electron chi connectivity index (χ2n) is 10.3. The Morgan fingerprint density at radius 2 is 2.08 bits per heavy atom. The van der Waals surface area contributed by atoms with Crippen molar-refractivity contribution in [3.63, 3.8) is 0 Å². The van der Waals surface area contributed by atoms with Crippen LogP contribution in [-0.2, 0) is 15.7 Å². The van der Waals surface area contributed by atoms with Crippen molar-refractivity contribution in [3.8, 4) is 0 Å². The van der Waals surface area contributed by atoms with Gasteiger partial charge in [-0.25, -0.2) is 14.5 Å². The van der Waals surface area contributed by atoms with E-state index in [2.05, 4.69) is 15.4 Å². The Kier molecular flexibility index (Phi) is 7.95. The zero-order valence-corrected chi connectivity index (χ0v) is 22.5. The first-order valence-corrected chi connectivity index (χ1v) is 13.4. The monoisotopic (exact) mass is 583 g/mol. The Morgan fingerprint density at radius 3 is 2.80 bits per heavy atom. The maximum atomic E-state index is 14.0. The van der Waals surface area contributed by atoms with E-state index >= 15 is 0 Å². The Morgan fingerprint density at radius 1 is 1.30 bits per heavy atom. The lowest BCUT2D eigenvalue weighted by atomic mass is 10.1. The second kappa shape index (κ2) is 11.3. The number of hydrogen-bond donors (Lipinski definition) is 2. The molecule has 2 N–H and O–H groups in total. The van der Waals surface area contributed by atoms with Crippen LogP contribution in [0.15, 0.2) is 23.3 Å². The molecule has 2 aliphatic heterocycles. The first kappa shape index (κ1) is 28.2. The number of carbonyl (C=O) groups is 1. The minimum absolute atomic E-state index is 0.00695. The fourth-order valence-corrected chi connectivity index (χ4v) is 5.41. The van der Waals surface area contributed by atoms with Crippen molar-refractivity contribution in [1.29, 1.82) is 0 Å². The lowest BCUT2D eigenvalue weighted by Gasteiger charge is -2.49. The standard InChI is InChI=1S/C25H29F4N7O3S/c1-14(32-17-10-31-33-23(38)21(17)25(27,28)29)13-39-7-4-20(37)34-5-6-35-19(12-34)24(40)36(11-15-2-3-15)18-8-16(26)9-30-22(18)35/h8-10,14-15,19H,2-7,11-13H2,1H3,(H2,32,33,38). The number of aromatic nitrogens is 3. The summed E-state index contributed by atoms with van der Waals surface area (Å²) in [7, 11) is 0. The first-order chi connectivity index (χ1) is 19.0. The van der Waals surface area contributed by atoms with E-state index in [-0.39, 0.29) is 31.6 Å². The molecule has 2 unspecified atom stereocenters. The van der Waals surface area contributed by atoms with Crippen LogP contribution in [0.4, 0.5) is 34.8 Å². The summed E-state index contributed by atoms with van der Waals surface area (Å²) < 4.78 is 59.3. The van der Waals surface area contributed by atoms with E-state index in [0.717, 1.165) is 19.0 Å². The number of nitrogens with zero attached hydrogens (tertiary/aromatic N) is 5. The summed E-state index contributed by atoms with van der Waals surface area (Å²) in [6.07, 6.45) is -0.461. The fourth-order valence-electron chi connectivity index (χ4n) is 5.04. The average molecular weight is 584 g/mol. The van der Waals surface area contributed by atoms with Gasteiger partial charge in [-0.3, -0.25) is 9.59 Å². The highest BCUT2D eigenvalue weighted by molar-refractivity contribution is 7.80. The summed E-state index contributed by atoms with van der Waals surface area (Å²) in [5.74, 6) is 0.624. The van der Waals surface area contributed by atoms with Gasteiger partial charge in [-0.1, -0.05) is 12.2 Å². The lowest BCUT2D eigenvalue weighted by molar-refractivity contribution is -0.138. The number of piperazine rings is 1. The van der Waals surface area contributed by atoms with Crippen LogP contribution in [0.1, 0.15) is 31.7 Å². The van der Waals surface area contributed by atoms with Crippen LogP contribution >= 0.6 is 12.2 Å². The third-order valence-corrected chi connectivity index (χ3v) is 7.66. The van der Waals surface area contributed by atoms with Crippen LogP contribution < -0.4 is 20.7 Å². The van der Waals surface area contributed by atoms with E-state index in [9.17, 15) is 27.2 Å². The van der Waals surface area contributed by atoms with Gasteiger partial charge in [-0.05, 0) is 25.7 Å². The third kappa shape index (κ3) is 6.04. The zero-order valence-electron chi connectivity index (χ0n) is 21.7. The number of ether oxygens (including phenoxy) is 1. The molecule has 2 aromatic heterocycles. The molecule has 15 heteroatoms. The van der Waals surface area contributed by atoms with E-state index in [4.69, 9.17) is 17.0 Å². The molecule has 1 amide bonds. The Bertz CT molecular complexity index is 1340. The normalized spacial score (nSPS) is 19.8. The lowest BCUT2D eigenvalue weighted by Crippen LogP contribution is -2.63. The topological polar surface area (TPSA) is 107 Å². The van der Waals surface area contributed by atoms with Gasteiger partial charge in [0.1, 0.15) is 16.4 Å². The molecule has 2 aromatic rings. The number of anilines is 3. The summed E-state index contributed by atoms with van der Waals surface area (Å²) in [5, 5.41) is 7.82. The van der Waals surface area contributed by atoms with Crippen molar-refractivity contribution in [2.24, 2.45) is 5.92 Å². The van der Waals surface area contributed by atoms with Crippen LogP contribution in [0.2, 0.25) is 0 Å².